The predicted octanol–water partition coefficient (Wildman–Crippen LogP) is 4.88. The third kappa shape index (κ3) is 4.27. The minimum absolute atomic E-state index is 0.257. The fourth-order valence-electron chi connectivity index (χ4n) is 2.28. The van der Waals surface area contributed by atoms with E-state index in [1.54, 1.807) is 12.1 Å². The van der Waals surface area contributed by atoms with Crippen molar-refractivity contribution in [1.29, 1.82) is 0 Å². The Labute approximate surface area is 135 Å². The summed E-state index contributed by atoms with van der Waals surface area (Å²) >= 11 is 0. The predicted molar refractivity (Wildman–Crippen MR) is 93.1 cm³/mol. The summed E-state index contributed by atoms with van der Waals surface area (Å²) in [7, 11) is 0. The molecule has 0 spiro atoms. The molecule has 0 aliphatic heterocycles. The Balaban J connectivity index is 1.85. The van der Waals surface area contributed by atoms with Gasteiger partial charge in [-0.25, -0.2) is 4.39 Å². The van der Waals surface area contributed by atoms with E-state index in [9.17, 15) is 4.39 Å². The lowest BCUT2D eigenvalue weighted by atomic mass is 10.0. The molecule has 0 saturated heterocycles. The van der Waals surface area contributed by atoms with Gasteiger partial charge >= 0.3 is 0 Å². The first kappa shape index (κ1) is 15.0. The molecule has 0 unspecified atom stereocenters. The highest BCUT2D eigenvalue weighted by molar-refractivity contribution is 6.02. The smallest absolute Gasteiger partial charge is 0.123 e. The van der Waals surface area contributed by atoms with Crippen molar-refractivity contribution in [2.75, 3.05) is 5.43 Å². The van der Waals surface area contributed by atoms with Crippen LogP contribution in [0.3, 0.4) is 0 Å². The fraction of sp³-hybridized carbons (Fsp3) is 0.0500. The van der Waals surface area contributed by atoms with Gasteiger partial charge in [-0.2, -0.15) is 5.10 Å². The van der Waals surface area contributed by atoms with Gasteiger partial charge in [-0.05, 0) is 35.4 Å². The van der Waals surface area contributed by atoms with E-state index in [0.717, 1.165) is 23.4 Å². The number of rotatable bonds is 5. The maximum atomic E-state index is 13.0. The van der Waals surface area contributed by atoms with Crippen LogP contribution < -0.4 is 5.43 Å². The van der Waals surface area contributed by atoms with Crippen molar-refractivity contribution in [2.45, 2.75) is 6.42 Å². The minimum Gasteiger partial charge on any atom is -0.278 e. The Hall–Kier alpha value is -2.94. The summed E-state index contributed by atoms with van der Waals surface area (Å²) in [6.45, 7) is 0. The monoisotopic (exact) mass is 304 g/mol. The number of halogens is 1. The summed E-state index contributed by atoms with van der Waals surface area (Å²) in [5.74, 6) is -0.257. The highest BCUT2D eigenvalue weighted by atomic mass is 19.1. The number of benzene rings is 3. The number of hydrazone groups is 1. The molecule has 3 aromatic carbocycles. The summed E-state index contributed by atoms with van der Waals surface area (Å²) in [5.41, 5.74) is 6.95. The summed E-state index contributed by atoms with van der Waals surface area (Å²) in [4.78, 5) is 0. The molecule has 0 aliphatic rings. The molecular formula is C20H17FN2. The molecule has 3 rings (SSSR count). The van der Waals surface area contributed by atoms with Crippen LogP contribution in [-0.4, -0.2) is 5.71 Å². The highest BCUT2D eigenvalue weighted by Crippen LogP contribution is 2.12. The van der Waals surface area contributed by atoms with Crippen molar-refractivity contribution in [3.63, 3.8) is 0 Å². The standard InChI is InChI=1S/C20H17FN2/c21-18-11-13-19(14-12-18)22-23-20(17-9-5-2-6-10-17)15-16-7-3-1-4-8-16/h1-14,22H,15H2/b23-20-. The molecule has 0 heterocycles. The molecule has 23 heavy (non-hydrogen) atoms. The largest absolute Gasteiger partial charge is 0.278 e. The first-order chi connectivity index (χ1) is 11.3. The molecule has 0 aliphatic carbocycles. The first-order valence-corrected chi connectivity index (χ1v) is 7.49. The van der Waals surface area contributed by atoms with Gasteiger partial charge in [0.15, 0.2) is 0 Å². The number of nitrogens with one attached hydrogen (secondary N) is 1. The van der Waals surface area contributed by atoms with E-state index in [0.29, 0.717) is 0 Å². The molecule has 3 aromatic rings. The number of hydrogen-bond acceptors (Lipinski definition) is 2. The van der Waals surface area contributed by atoms with Crippen LogP contribution in [0.5, 0.6) is 0 Å². The Morgan fingerprint density at radius 1 is 0.783 bits per heavy atom. The second kappa shape index (κ2) is 7.36. The van der Waals surface area contributed by atoms with Gasteiger partial charge in [0.2, 0.25) is 0 Å². The molecule has 0 amide bonds. The average molecular weight is 304 g/mol. The van der Waals surface area contributed by atoms with Gasteiger partial charge in [-0.15, -0.1) is 0 Å². The van der Waals surface area contributed by atoms with Crippen molar-refractivity contribution >= 4 is 11.4 Å². The van der Waals surface area contributed by atoms with E-state index in [1.807, 2.05) is 48.5 Å². The van der Waals surface area contributed by atoms with Gasteiger partial charge in [0.25, 0.3) is 0 Å². The maximum Gasteiger partial charge on any atom is 0.123 e. The van der Waals surface area contributed by atoms with Crippen LogP contribution in [0.4, 0.5) is 10.1 Å². The first-order valence-electron chi connectivity index (χ1n) is 7.49. The molecular weight excluding hydrogens is 287 g/mol. The number of anilines is 1. The SMILES string of the molecule is Fc1ccc(N/N=C(/Cc2ccccc2)c2ccccc2)cc1. The van der Waals surface area contributed by atoms with Crippen LogP contribution in [0.1, 0.15) is 11.1 Å². The van der Waals surface area contributed by atoms with E-state index < -0.39 is 0 Å². The highest BCUT2D eigenvalue weighted by Gasteiger charge is 2.05. The quantitative estimate of drug-likeness (QED) is 0.527. The van der Waals surface area contributed by atoms with Gasteiger partial charge in [-0.1, -0.05) is 60.7 Å². The molecule has 2 nitrogen and oxygen atoms in total. The Morgan fingerprint density at radius 3 is 2.04 bits per heavy atom. The minimum atomic E-state index is -0.257. The van der Waals surface area contributed by atoms with E-state index in [4.69, 9.17) is 0 Å². The van der Waals surface area contributed by atoms with E-state index in [1.165, 1.54) is 17.7 Å². The van der Waals surface area contributed by atoms with Gasteiger partial charge in [-0.3, -0.25) is 5.43 Å². The van der Waals surface area contributed by atoms with Gasteiger partial charge in [0.1, 0.15) is 5.82 Å². The van der Waals surface area contributed by atoms with Crippen molar-refractivity contribution in [3.8, 4) is 0 Å². The van der Waals surface area contributed by atoms with Crippen LogP contribution in [0.2, 0.25) is 0 Å². The molecule has 0 bridgehead atoms. The Morgan fingerprint density at radius 2 is 1.39 bits per heavy atom. The van der Waals surface area contributed by atoms with Crippen LogP contribution >= 0.6 is 0 Å². The maximum absolute atomic E-state index is 13.0. The molecule has 0 radical (unpaired) electrons. The van der Waals surface area contributed by atoms with E-state index in [-0.39, 0.29) is 5.82 Å². The zero-order valence-corrected chi connectivity index (χ0v) is 12.6. The zero-order valence-electron chi connectivity index (χ0n) is 12.6. The lowest BCUT2D eigenvalue weighted by molar-refractivity contribution is 0.628. The normalized spacial score (nSPS) is 11.3. The Kier molecular flexibility index (Phi) is 4.79. The second-order valence-electron chi connectivity index (χ2n) is 5.21. The van der Waals surface area contributed by atoms with Crippen molar-refractivity contribution in [1.82, 2.24) is 0 Å². The number of nitrogens with zero attached hydrogens (tertiary/aromatic N) is 1. The summed E-state index contributed by atoms with van der Waals surface area (Å²) in [5, 5.41) is 4.53. The van der Waals surface area contributed by atoms with Crippen LogP contribution in [-0.2, 0) is 6.42 Å². The summed E-state index contributed by atoms with van der Waals surface area (Å²) in [6.07, 6.45) is 0.721. The topological polar surface area (TPSA) is 24.4 Å². The molecule has 3 heteroatoms. The average Bonchev–Trinajstić information content (AvgIpc) is 2.61. The summed E-state index contributed by atoms with van der Waals surface area (Å²) in [6, 6.07) is 26.4. The summed E-state index contributed by atoms with van der Waals surface area (Å²) < 4.78 is 13.0. The van der Waals surface area contributed by atoms with Crippen LogP contribution in [0.15, 0.2) is 90.0 Å². The van der Waals surface area contributed by atoms with E-state index in [2.05, 4.69) is 22.7 Å². The van der Waals surface area contributed by atoms with Crippen molar-refractivity contribution in [3.05, 3.63) is 102 Å². The molecule has 1 N–H and O–H groups in total. The number of hydrogen-bond donors (Lipinski definition) is 1. The third-order valence-corrected chi connectivity index (χ3v) is 3.49. The van der Waals surface area contributed by atoms with Gasteiger partial charge in [0.05, 0.1) is 11.4 Å². The molecule has 0 fully saturated rings. The second-order valence-corrected chi connectivity index (χ2v) is 5.21. The van der Waals surface area contributed by atoms with Crippen molar-refractivity contribution < 1.29 is 4.39 Å². The Bertz CT molecular complexity index is 766. The fourth-order valence-corrected chi connectivity index (χ4v) is 2.28. The van der Waals surface area contributed by atoms with E-state index >= 15 is 0 Å². The van der Waals surface area contributed by atoms with Crippen LogP contribution in [0.25, 0.3) is 0 Å². The molecule has 0 aromatic heterocycles. The molecule has 114 valence electrons. The lowest BCUT2D eigenvalue weighted by Gasteiger charge is -2.08. The molecule has 0 atom stereocenters. The van der Waals surface area contributed by atoms with Crippen LogP contribution in [0, 0.1) is 5.82 Å². The zero-order chi connectivity index (χ0) is 15.9. The van der Waals surface area contributed by atoms with Crippen molar-refractivity contribution in [2.24, 2.45) is 5.10 Å². The third-order valence-electron chi connectivity index (χ3n) is 3.49. The van der Waals surface area contributed by atoms with Gasteiger partial charge < -0.3 is 0 Å². The van der Waals surface area contributed by atoms with Gasteiger partial charge in [0, 0.05) is 6.42 Å². The molecule has 0 saturated carbocycles. The lowest BCUT2D eigenvalue weighted by Crippen LogP contribution is -2.08.